The smallest absolute Gasteiger partial charge is 0.397 e. The molecule has 0 amide bonds. The zero-order valence-corrected chi connectivity index (χ0v) is 30.9. The molecule has 4 saturated carbocycles. The van der Waals surface area contributed by atoms with Gasteiger partial charge in [0, 0.05) is 11.3 Å². The van der Waals surface area contributed by atoms with Crippen molar-refractivity contribution in [2.24, 2.45) is 50.7 Å². The van der Waals surface area contributed by atoms with Crippen molar-refractivity contribution in [1.29, 1.82) is 0 Å². The van der Waals surface area contributed by atoms with Crippen LogP contribution in [-0.4, -0.2) is 105 Å². The van der Waals surface area contributed by atoms with Gasteiger partial charge in [-0.3, -0.25) is 9.35 Å². The van der Waals surface area contributed by atoms with Gasteiger partial charge in [-0.1, -0.05) is 46.3 Å². The SMILES string of the molecule is C[C@@H]1CC[C@]2(C(=O)O[C@@H]3O[C@H](CO)[C@@H](O)[C@H](O)[C@H]3O)CC[C@]3(C)C(=CC[C@@H]4[C@@]5(C)CC[C@H](OS(=O)(=O)O)[C@@](C)(CO)[C@@H]5CC[C@]43C)[C@@H]2[C@]1(C)O. The lowest BCUT2D eigenvalue weighted by atomic mass is 9.33. The van der Waals surface area contributed by atoms with Crippen LogP contribution in [0.1, 0.15) is 99.3 Å². The monoisotopic (exact) mass is 730 g/mol. The van der Waals surface area contributed by atoms with Gasteiger partial charge in [0.15, 0.2) is 0 Å². The van der Waals surface area contributed by atoms with Crippen molar-refractivity contribution >= 4 is 16.4 Å². The number of aliphatic hydroxyl groups is 6. The molecule has 6 aliphatic rings. The number of hydrogen-bond acceptors (Lipinski definition) is 12. The number of aliphatic hydroxyl groups excluding tert-OH is 5. The van der Waals surface area contributed by atoms with Gasteiger partial charge in [0.25, 0.3) is 0 Å². The molecule has 7 N–H and O–H groups in total. The molecule has 0 spiro atoms. The summed E-state index contributed by atoms with van der Waals surface area (Å²) in [5.41, 5.74) is -3.41. The summed E-state index contributed by atoms with van der Waals surface area (Å²) in [6, 6.07) is 0. The highest BCUT2D eigenvalue weighted by Crippen LogP contribution is 2.76. The molecule has 0 aromatic rings. The average Bonchev–Trinajstić information content (AvgIpc) is 3.04. The van der Waals surface area contributed by atoms with Gasteiger partial charge in [-0.2, -0.15) is 8.42 Å². The molecule has 6 rings (SSSR count). The zero-order chi connectivity index (χ0) is 37.0. The van der Waals surface area contributed by atoms with E-state index < -0.39 is 87.5 Å². The summed E-state index contributed by atoms with van der Waals surface area (Å²) in [6.45, 7) is 11.5. The minimum Gasteiger partial charge on any atom is -0.432 e. The van der Waals surface area contributed by atoms with E-state index >= 15 is 0 Å². The lowest BCUT2D eigenvalue weighted by Crippen LogP contribution is -2.68. The minimum atomic E-state index is -4.72. The van der Waals surface area contributed by atoms with Crippen molar-refractivity contribution in [2.45, 2.75) is 142 Å². The van der Waals surface area contributed by atoms with E-state index in [1.165, 1.54) is 0 Å². The fraction of sp³-hybridized carbons (Fsp3) is 0.917. The molecular formula is C36H58O13S. The number of fused-ring (bicyclic) bond motifs is 7. The van der Waals surface area contributed by atoms with E-state index in [0.29, 0.717) is 51.4 Å². The van der Waals surface area contributed by atoms with Crippen LogP contribution in [0.2, 0.25) is 0 Å². The summed E-state index contributed by atoms with van der Waals surface area (Å²) in [4.78, 5) is 14.5. The molecule has 13 nitrogen and oxygen atoms in total. The number of carbonyl (C=O) groups excluding carboxylic acids is 1. The summed E-state index contributed by atoms with van der Waals surface area (Å²) >= 11 is 0. The van der Waals surface area contributed by atoms with Gasteiger partial charge in [-0.25, -0.2) is 4.18 Å². The third-order valence-electron chi connectivity index (χ3n) is 15.9. The van der Waals surface area contributed by atoms with Gasteiger partial charge >= 0.3 is 16.4 Å². The first kappa shape index (κ1) is 38.5. The molecule has 0 unspecified atom stereocenters. The predicted octanol–water partition coefficient (Wildman–Crippen LogP) is 2.26. The van der Waals surface area contributed by atoms with E-state index in [-0.39, 0.29) is 35.2 Å². The number of allylic oxidation sites excluding steroid dienone is 1. The second-order valence-electron chi connectivity index (χ2n) is 17.9. The van der Waals surface area contributed by atoms with Crippen LogP contribution in [0.5, 0.6) is 0 Å². The maximum absolute atomic E-state index is 14.5. The summed E-state index contributed by atoms with van der Waals surface area (Å²) in [7, 11) is -4.72. The molecule has 5 fully saturated rings. The Labute approximate surface area is 295 Å². The van der Waals surface area contributed by atoms with Gasteiger partial charge in [-0.15, -0.1) is 0 Å². The second-order valence-corrected chi connectivity index (χ2v) is 18.9. The molecule has 50 heavy (non-hydrogen) atoms. The van der Waals surface area contributed by atoms with Crippen LogP contribution in [0.15, 0.2) is 11.6 Å². The Hall–Kier alpha value is -1.20. The van der Waals surface area contributed by atoms with Gasteiger partial charge in [0.2, 0.25) is 6.29 Å². The Morgan fingerprint density at radius 1 is 0.920 bits per heavy atom. The fourth-order valence-corrected chi connectivity index (χ4v) is 13.1. The molecule has 1 saturated heterocycles. The second kappa shape index (κ2) is 12.4. The highest BCUT2D eigenvalue weighted by molar-refractivity contribution is 7.80. The third kappa shape index (κ3) is 5.32. The molecule has 0 radical (unpaired) electrons. The van der Waals surface area contributed by atoms with Gasteiger partial charge in [0.1, 0.15) is 24.4 Å². The van der Waals surface area contributed by atoms with Crippen LogP contribution >= 0.6 is 0 Å². The molecule has 14 heteroatoms. The van der Waals surface area contributed by atoms with Crippen LogP contribution in [0, 0.1) is 50.7 Å². The van der Waals surface area contributed by atoms with Crippen LogP contribution < -0.4 is 0 Å². The van der Waals surface area contributed by atoms with Crippen molar-refractivity contribution < 1.29 is 62.1 Å². The van der Waals surface area contributed by atoms with Crippen LogP contribution in [-0.2, 0) is 28.9 Å². The van der Waals surface area contributed by atoms with Crippen molar-refractivity contribution in [3.63, 3.8) is 0 Å². The quantitative estimate of drug-likeness (QED) is 0.119. The molecule has 0 aromatic heterocycles. The topological polar surface area (TPSA) is 221 Å². The molecule has 286 valence electrons. The largest absolute Gasteiger partial charge is 0.432 e. The molecular weight excluding hydrogens is 672 g/mol. The highest BCUT2D eigenvalue weighted by atomic mass is 32.3. The lowest BCUT2D eigenvalue weighted by molar-refractivity contribution is -0.299. The Morgan fingerprint density at radius 2 is 1.60 bits per heavy atom. The first-order valence-electron chi connectivity index (χ1n) is 18.3. The van der Waals surface area contributed by atoms with E-state index in [4.69, 9.17) is 13.7 Å². The van der Waals surface area contributed by atoms with Crippen LogP contribution in [0.4, 0.5) is 0 Å². The summed E-state index contributed by atoms with van der Waals surface area (Å²) in [5.74, 6) is -1.39. The van der Waals surface area contributed by atoms with Crippen molar-refractivity contribution in [3.05, 3.63) is 11.6 Å². The maximum Gasteiger partial charge on any atom is 0.397 e. The lowest BCUT2D eigenvalue weighted by Gasteiger charge is -2.72. The Balaban J connectivity index is 1.38. The van der Waals surface area contributed by atoms with Gasteiger partial charge < -0.3 is 40.1 Å². The third-order valence-corrected chi connectivity index (χ3v) is 16.3. The number of rotatable bonds is 6. The number of carbonyl (C=O) groups is 1. The Kier molecular flexibility index (Phi) is 9.57. The van der Waals surface area contributed by atoms with Crippen LogP contribution in [0.3, 0.4) is 0 Å². The minimum absolute atomic E-state index is 0.0915. The van der Waals surface area contributed by atoms with E-state index in [0.717, 1.165) is 12.0 Å². The average molecular weight is 731 g/mol. The normalized spacial score (nSPS) is 53.6. The number of hydrogen-bond donors (Lipinski definition) is 7. The molecule has 16 atom stereocenters. The van der Waals surface area contributed by atoms with Gasteiger partial charge in [0.05, 0.1) is 30.3 Å². The Morgan fingerprint density at radius 3 is 2.22 bits per heavy atom. The number of esters is 1. The van der Waals surface area contributed by atoms with Gasteiger partial charge in [-0.05, 0) is 98.7 Å². The number of ether oxygens (including phenoxy) is 2. The zero-order valence-electron chi connectivity index (χ0n) is 30.1. The van der Waals surface area contributed by atoms with Crippen molar-refractivity contribution in [3.8, 4) is 0 Å². The fourth-order valence-electron chi connectivity index (χ4n) is 12.5. The molecule has 1 heterocycles. The summed E-state index contributed by atoms with van der Waals surface area (Å²) in [5, 5.41) is 64.3. The standard InChI is InChI=1S/C36H58O13S/c1-19-9-14-36(30(42)48-29-27(41)26(40)25(39)21(17-37)47-29)16-15-33(4)20(28(36)35(19,6)43)7-8-23-31(2)12-11-24(49-50(44,45)46)32(3,18-38)22(31)10-13-34(23,33)5/h7,19,21-29,37-41,43H,8-18H2,1-6H3,(H,44,45,46)/t19-,21-,22-,23-,24+,25-,26+,27-,28-,29+,31+,32+,33-,34-,35-,36+/m1/s1. The molecule has 0 aromatic carbocycles. The van der Waals surface area contributed by atoms with Crippen LogP contribution in [0.25, 0.3) is 0 Å². The summed E-state index contributed by atoms with van der Waals surface area (Å²) in [6.07, 6.45) is -1.45. The highest BCUT2D eigenvalue weighted by Gasteiger charge is 2.72. The first-order chi connectivity index (χ1) is 23.1. The van der Waals surface area contributed by atoms with Crippen molar-refractivity contribution in [1.82, 2.24) is 0 Å². The maximum atomic E-state index is 14.5. The molecule has 1 aliphatic heterocycles. The molecule has 0 bridgehead atoms. The molecule has 5 aliphatic carbocycles. The Bertz CT molecular complexity index is 1480. The van der Waals surface area contributed by atoms with E-state index in [1.54, 1.807) is 6.92 Å². The van der Waals surface area contributed by atoms with E-state index in [1.807, 2.05) is 13.8 Å². The van der Waals surface area contributed by atoms with E-state index in [9.17, 15) is 48.4 Å². The first-order valence-corrected chi connectivity index (χ1v) is 19.6. The summed E-state index contributed by atoms with van der Waals surface area (Å²) < 4.78 is 49.8. The van der Waals surface area contributed by atoms with E-state index in [2.05, 4.69) is 26.8 Å². The predicted molar refractivity (Wildman–Crippen MR) is 178 cm³/mol. The van der Waals surface area contributed by atoms with Crippen molar-refractivity contribution in [2.75, 3.05) is 13.2 Å².